The van der Waals surface area contributed by atoms with E-state index in [4.69, 9.17) is 0 Å². The highest BCUT2D eigenvalue weighted by Gasteiger charge is 2.16. The van der Waals surface area contributed by atoms with Crippen LogP contribution in [0.15, 0.2) is 60.7 Å². The van der Waals surface area contributed by atoms with Crippen molar-refractivity contribution >= 4 is 42.9 Å². The minimum atomic E-state index is 0.167. The molecule has 0 spiro atoms. The molecule has 0 bridgehead atoms. The molecule has 0 amide bonds. The van der Waals surface area contributed by atoms with E-state index in [-0.39, 0.29) is 10.8 Å². The number of hydrogen-bond donors (Lipinski definition) is 1. The molecule has 28 heavy (non-hydrogen) atoms. The Balaban J connectivity index is 1.75. The van der Waals surface area contributed by atoms with Gasteiger partial charge < -0.3 is 5.32 Å². The minimum absolute atomic E-state index is 0.167. The van der Waals surface area contributed by atoms with E-state index in [1.807, 2.05) is 11.3 Å². The summed E-state index contributed by atoms with van der Waals surface area (Å²) in [6.45, 7) is 13.6. The van der Waals surface area contributed by atoms with E-state index < -0.39 is 0 Å². The van der Waals surface area contributed by atoms with Crippen LogP contribution in [-0.2, 0) is 10.8 Å². The summed E-state index contributed by atoms with van der Waals surface area (Å²) in [6.07, 6.45) is 0. The fourth-order valence-corrected chi connectivity index (χ4v) is 4.78. The van der Waals surface area contributed by atoms with Gasteiger partial charge >= 0.3 is 0 Å². The van der Waals surface area contributed by atoms with Gasteiger partial charge in [0.25, 0.3) is 0 Å². The number of anilines is 2. The average molecular weight is 388 g/mol. The minimum Gasteiger partial charge on any atom is -0.354 e. The Hall–Kier alpha value is -2.32. The van der Waals surface area contributed by atoms with Crippen LogP contribution in [0.25, 0.3) is 20.2 Å². The lowest BCUT2D eigenvalue weighted by Gasteiger charge is -2.19. The van der Waals surface area contributed by atoms with Crippen LogP contribution < -0.4 is 5.32 Å². The van der Waals surface area contributed by atoms with Gasteiger partial charge in [-0.15, -0.1) is 11.3 Å². The molecule has 0 saturated heterocycles. The number of nitrogens with one attached hydrogen (secondary N) is 1. The van der Waals surface area contributed by atoms with Crippen molar-refractivity contribution in [2.24, 2.45) is 0 Å². The maximum absolute atomic E-state index is 3.64. The molecular formula is C26H29NS. The summed E-state index contributed by atoms with van der Waals surface area (Å²) < 4.78 is 2.68. The molecule has 1 heterocycles. The molecule has 144 valence electrons. The fraction of sp³-hybridized carbons (Fsp3) is 0.308. The topological polar surface area (TPSA) is 12.0 Å². The summed E-state index contributed by atoms with van der Waals surface area (Å²) in [7, 11) is 0. The van der Waals surface area contributed by atoms with Gasteiger partial charge in [-0.05, 0) is 46.2 Å². The first-order valence-corrected chi connectivity index (χ1v) is 10.8. The Morgan fingerprint density at radius 1 is 0.679 bits per heavy atom. The monoisotopic (exact) mass is 387 g/mol. The summed E-state index contributed by atoms with van der Waals surface area (Å²) in [6, 6.07) is 22.3. The molecule has 0 aliphatic heterocycles. The molecule has 3 aromatic carbocycles. The van der Waals surface area contributed by atoms with Crippen LogP contribution in [0.2, 0.25) is 0 Å². The van der Waals surface area contributed by atoms with Gasteiger partial charge in [-0.2, -0.15) is 0 Å². The Kier molecular flexibility index (Phi) is 4.50. The summed E-state index contributed by atoms with van der Waals surface area (Å²) >= 11 is 1.88. The highest BCUT2D eigenvalue weighted by molar-refractivity contribution is 7.26. The molecule has 4 aromatic rings. The van der Waals surface area contributed by atoms with Gasteiger partial charge in [0.15, 0.2) is 0 Å². The summed E-state index contributed by atoms with van der Waals surface area (Å²) in [4.78, 5) is 0. The van der Waals surface area contributed by atoms with E-state index in [1.165, 1.54) is 37.0 Å². The number of fused-ring (bicyclic) bond motifs is 3. The highest BCUT2D eigenvalue weighted by atomic mass is 32.1. The standard InChI is InChI=1S/C26H29NS/c1-25(2,3)17-10-13-19(14-11-17)27-22-9-7-8-21-20-15-12-18(26(4,5)6)16-23(20)28-24(21)22/h7-16,27H,1-6H3. The molecule has 4 rings (SSSR count). The van der Waals surface area contributed by atoms with Crippen molar-refractivity contribution in [2.75, 3.05) is 5.32 Å². The number of rotatable bonds is 2. The number of thiophene rings is 1. The third-order valence-electron chi connectivity index (χ3n) is 5.39. The van der Waals surface area contributed by atoms with Crippen LogP contribution in [0.3, 0.4) is 0 Å². The van der Waals surface area contributed by atoms with E-state index in [2.05, 4.69) is 108 Å². The number of hydrogen-bond acceptors (Lipinski definition) is 2. The fourth-order valence-electron chi connectivity index (χ4n) is 3.57. The first-order chi connectivity index (χ1) is 13.1. The van der Waals surface area contributed by atoms with Crippen molar-refractivity contribution < 1.29 is 0 Å². The van der Waals surface area contributed by atoms with Crippen LogP contribution in [0, 0.1) is 0 Å². The zero-order valence-corrected chi connectivity index (χ0v) is 18.5. The second kappa shape index (κ2) is 6.63. The van der Waals surface area contributed by atoms with E-state index in [1.54, 1.807) is 0 Å². The smallest absolute Gasteiger partial charge is 0.0590 e. The molecule has 1 nitrogen and oxygen atoms in total. The average Bonchev–Trinajstić information content (AvgIpc) is 3.00. The lowest BCUT2D eigenvalue weighted by Crippen LogP contribution is -2.10. The lowest BCUT2D eigenvalue weighted by atomic mass is 9.87. The highest BCUT2D eigenvalue weighted by Crippen LogP contribution is 2.40. The summed E-state index contributed by atoms with van der Waals surface area (Å²) in [5.74, 6) is 0. The van der Waals surface area contributed by atoms with E-state index in [9.17, 15) is 0 Å². The van der Waals surface area contributed by atoms with Crippen LogP contribution in [0.5, 0.6) is 0 Å². The molecule has 0 aliphatic rings. The maximum atomic E-state index is 3.64. The van der Waals surface area contributed by atoms with Gasteiger partial charge in [0.1, 0.15) is 0 Å². The van der Waals surface area contributed by atoms with Crippen molar-refractivity contribution in [3.8, 4) is 0 Å². The third-order valence-corrected chi connectivity index (χ3v) is 6.60. The van der Waals surface area contributed by atoms with Gasteiger partial charge in [-0.1, -0.05) is 77.9 Å². The zero-order valence-electron chi connectivity index (χ0n) is 17.7. The molecule has 0 radical (unpaired) electrons. The Bertz CT molecular complexity index is 1140. The normalized spacial score (nSPS) is 12.6. The largest absolute Gasteiger partial charge is 0.354 e. The van der Waals surface area contributed by atoms with Crippen molar-refractivity contribution in [2.45, 2.75) is 52.4 Å². The van der Waals surface area contributed by atoms with E-state index in [0.29, 0.717) is 0 Å². The summed E-state index contributed by atoms with van der Waals surface area (Å²) in [5, 5.41) is 6.32. The summed E-state index contributed by atoms with van der Waals surface area (Å²) in [5.41, 5.74) is 5.40. The Labute approximate surface area is 172 Å². The van der Waals surface area contributed by atoms with Crippen molar-refractivity contribution in [3.63, 3.8) is 0 Å². The van der Waals surface area contributed by atoms with Crippen LogP contribution in [-0.4, -0.2) is 0 Å². The predicted octanol–water partition coefficient (Wildman–Crippen LogP) is 8.39. The molecular weight excluding hydrogens is 358 g/mol. The van der Waals surface area contributed by atoms with Crippen molar-refractivity contribution in [3.05, 3.63) is 71.8 Å². The van der Waals surface area contributed by atoms with Gasteiger partial charge in [0, 0.05) is 21.2 Å². The SMILES string of the molecule is CC(C)(C)c1ccc(Nc2cccc3c2sc2cc(C(C)(C)C)ccc23)cc1. The predicted molar refractivity (Wildman–Crippen MR) is 126 cm³/mol. The van der Waals surface area contributed by atoms with Crippen LogP contribution in [0.1, 0.15) is 52.7 Å². The van der Waals surface area contributed by atoms with Gasteiger partial charge in [-0.3, -0.25) is 0 Å². The third kappa shape index (κ3) is 3.54. The molecule has 0 fully saturated rings. The van der Waals surface area contributed by atoms with E-state index in [0.717, 1.165) is 5.69 Å². The van der Waals surface area contributed by atoms with Crippen LogP contribution >= 0.6 is 11.3 Å². The van der Waals surface area contributed by atoms with Crippen molar-refractivity contribution in [1.82, 2.24) is 0 Å². The molecule has 1 aromatic heterocycles. The molecule has 0 atom stereocenters. The van der Waals surface area contributed by atoms with Crippen molar-refractivity contribution in [1.29, 1.82) is 0 Å². The quantitative estimate of drug-likeness (QED) is 0.364. The van der Waals surface area contributed by atoms with Crippen LogP contribution in [0.4, 0.5) is 11.4 Å². The zero-order chi connectivity index (χ0) is 20.1. The van der Waals surface area contributed by atoms with Gasteiger partial charge in [-0.25, -0.2) is 0 Å². The number of benzene rings is 3. The second-order valence-electron chi connectivity index (χ2n) is 9.70. The Morgan fingerprint density at radius 3 is 1.96 bits per heavy atom. The second-order valence-corrected chi connectivity index (χ2v) is 10.7. The maximum Gasteiger partial charge on any atom is 0.0590 e. The first kappa shape index (κ1) is 19.0. The molecule has 2 heteroatoms. The molecule has 1 N–H and O–H groups in total. The molecule has 0 aliphatic carbocycles. The van der Waals surface area contributed by atoms with Gasteiger partial charge in [0.05, 0.1) is 10.4 Å². The lowest BCUT2D eigenvalue weighted by molar-refractivity contribution is 0.590. The van der Waals surface area contributed by atoms with E-state index >= 15 is 0 Å². The molecule has 0 unspecified atom stereocenters. The Morgan fingerprint density at radius 2 is 1.32 bits per heavy atom. The first-order valence-electron chi connectivity index (χ1n) is 9.96. The van der Waals surface area contributed by atoms with Gasteiger partial charge in [0.2, 0.25) is 0 Å². The molecule has 0 saturated carbocycles.